The van der Waals surface area contributed by atoms with Crippen molar-refractivity contribution in [2.24, 2.45) is 7.05 Å². The SMILES string of the molecule is CN1CCc2cc(C(=O)c3cc(F)c(NC(=O)/C=C/CCl)c(F)c3)n3cccc(c23)-c2c(C(F)(F)F)cc3c(ncn3C)c21. The van der Waals surface area contributed by atoms with Crippen LogP contribution in [-0.2, 0) is 24.4 Å². The van der Waals surface area contributed by atoms with E-state index < -0.39 is 40.8 Å². The van der Waals surface area contributed by atoms with Gasteiger partial charge in [-0.1, -0.05) is 12.1 Å². The van der Waals surface area contributed by atoms with Crippen molar-refractivity contribution in [1.82, 2.24) is 14.0 Å². The Labute approximate surface area is 252 Å². The lowest BCUT2D eigenvalue weighted by molar-refractivity contribution is -0.137. The molecule has 1 aliphatic rings. The number of halogens is 6. The molecule has 44 heavy (non-hydrogen) atoms. The zero-order chi connectivity index (χ0) is 31.5. The molecule has 3 aromatic heterocycles. The van der Waals surface area contributed by atoms with E-state index in [-0.39, 0.29) is 28.3 Å². The van der Waals surface area contributed by atoms with Crippen LogP contribution in [0.4, 0.5) is 33.3 Å². The Hall–Kier alpha value is -4.71. The Bertz CT molecular complexity index is 2000. The number of carbonyl (C=O) groups is 2. The van der Waals surface area contributed by atoms with Crippen LogP contribution in [-0.4, -0.2) is 45.1 Å². The van der Waals surface area contributed by atoms with E-state index in [1.807, 2.05) is 0 Å². The number of nitrogens with one attached hydrogen (secondary N) is 1. The number of fused-ring (bicyclic) bond motifs is 4. The molecule has 0 saturated heterocycles. The second kappa shape index (κ2) is 10.8. The van der Waals surface area contributed by atoms with Crippen LogP contribution in [0.25, 0.3) is 27.7 Å². The van der Waals surface area contributed by atoms with Gasteiger partial charge in [-0.3, -0.25) is 9.59 Å². The maximum absolute atomic E-state index is 14.9. The summed E-state index contributed by atoms with van der Waals surface area (Å²) in [5, 5.41) is 2.08. The molecule has 13 heteroatoms. The van der Waals surface area contributed by atoms with Crippen molar-refractivity contribution in [3.8, 4) is 11.1 Å². The molecule has 1 N–H and O–H groups in total. The van der Waals surface area contributed by atoms with Gasteiger partial charge in [0.2, 0.25) is 11.7 Å². The predicted octanol–water partition coefficient (Wildman–Crippen LogP) is 6.75. The van der Waals surface area contributed by atoms with Gasteiger partial charge in [-0.2, -0.15) is 13.2 Å². The first-order chi connectivity index (χ1) is 20.9. The number of aryl methyl sites for hydroxylation is 1. The molecule has 0 saturated carbocycles. The zero-order valence-corrected chi connectivity index (χ0v) is 24.0. The minimum Gasteiger partial charge on any atom is -0.372 e. The number of pyridine rings is 1. The van der Waals surface area contributed by atoms with E-state index in [1.54, 1.807) is 25.1 Å². The quantitative estimate of drug-likeness (QED) is 0.101. The molecule has 2 aromatic carbocycles. The number of aromatic nitrogens is 3. The summed E-state index contributed by atoms with van der Waals surface area (Å²) in [6.45, 7) is 0.303. The van der Waals surface area contributed by atoms with Crippen molar-refractivity contribution in [2.75, 3.05) is 29.7 Å². The molecule has 0 unspecified atom stereocenters. The van der Waals surface area contributed by atoms with Crippen molar-refractivity contribution in [2.45, 2.75) is 12.6 Å². The van der Waals surface area contributed by atoms with E-state index in [1.165, 1.54) is 39.7 Å². The summed E-state index contributed by atoms with van der Waals surface area (Å²) in [5.74, 6) is -3.90. The van der Waals surface area contributed by atoms with Crippen molar-refractivity contribution in [3.63, 3.8) is 0 Å². The molecule has 0 fully saturated rings. The molecule has 226 valence electrons. The fourth-order valence-corrected chi connectivity index (χ4v) is 5.80. The van der Waals surface area contributed by atoms with Gasteiger partial charge >= 0.3 is 6.18 Å². The van der Waals surface area contributed by atoms with Gasteiger partial charge in [0.15, 0.2) is 0 Å². The zero-order valence-electron chi connectivity index (χ0n) is 23.3. The van der Waals surface area contributed by atoms with E-state index in [9.17, 15) is 31.5 Å². The summed E-state index contributed by atoms with van der Waals surface area (Å²) < 4.78 is 76.8. The van der Waals surface area contributed by atoms with Gasteiger partial charge in [0.1, 0.15) is 22.8 Å². The second-order valence-corrected chi connectivity index (χ2v) is 10.7. The van der Waals surface area contributed by atoms with Crippen LogP contribution in [0, 0.1) is 11.6 Å². The van der Waals surface area contributed by atoms with Crippen molar-refractivity contribution in [3.05, 3.63) is 95.1 Å². The smallest absolute Gasteiger partial charge is 0.372 e. The summed E-state index contributed by atoms with van der Waals surface area (Å²) in [6, 6.07) is 7.29. The second-order valence-electron chi connectivity index (χ2n) is 10.4. The van der Waals surface area contributed by atoms with Crippen molar-refractivity contribution in [1.29, 1.82) is 0 Å². The number of ketones is 1. The lowest BCUT2D eigenvalue weighted by Crippen LogP contribution is -2.24. The third-order valence-electron chi connectivity index (χ3n) is 7.68. The molecule has 0 bridgehead atoms. The Kier molecular flexibility index (Phi) is 7.19. The third-order valence-corrected chi connectivity index (χ3v) is 7.86. The molecule has 7 nitrogen and oxygen atoms in total. The van der Waals surface area contributed by atoms with Crippen LogP contribution >= 0.6 is 11.6 Å². The number of rotatable bonds is 5. The van der Waals surface area contributed by atoms with Gasteiger partial charge in [0.05, 0.1) is 34.3 Å². The monoisotopic (exact) mass is 627 g/mol. The van der Waals surface area contributed by atoms with E-state index >= 15 is 0 Å². The first-order valence-electron chi connectivity index (χ1n) is 13.4. The number of hydrogen-bond acceptors (Lipinski definition) is 4. The third kappa shape index (κ3) is 4.79. The number of benzene rings is 2. The maximum atomic E-state index is 14.9. The molecule has 0 spiro atoms. The average Bonchev–Trinajstić information content (AvgIpc) is 3.54. The number of likely N-dealkylation sites (N-methyl/N-ethyl adjacent to an activating group) is 1. The average molecular weight is 628 g/mol. The fourth-order valence-electron chi connectivity index (χ4n) is 5.71. The number of imidazole rings is 1. The Morgan fingerprint density at radius 3 is 2.52 bits per heavy atom. The number of allylic oxidation sites excluding steroid dienone is 1. The molecule has 0 radical (unpaired) electrons. The highest BCUT2D eigenvalue weighted by atomic mass is 35.5. The van der Waals surface area contributed by atoms with Gasteiger partial charge in [0.25, 0.3) is 0 Å². The molecule has 5 aromatic rings. The number of alkyl halides is 4. The van der Waals surface area contributed by atoms with Gasteiger partial charge in [-0.25, -0.2) is 13.8 Å². The van der Waals surface area contributed by atoms with Crippen LogP contribution in [0.15, 0.2) is 61.1 Å². The summed E-state index contributed by atoms with van der Waals surface area (Å²) >= 11 is 5.48. The van der Waals surface area contributed by atoms with Gasteiger partial charge in [-0.15, -0.1) is 11.6 Å². The normalized spacial score (nSPS) is 13.4. The van der Waals surface area contributed by atoms with Crippen LogP contribution in [0.3, 0.4) is 0 Å². The highest BCUT2D eigenvalue weighted by Gasteiger charge is 2.39. The van der Waals surface area contributed by atoms with E-state index in [2.05, 4.69) is 10.3 Å². The number of nitrogens with zero attached hydrogens (tertiary/aromatic N) is 4. The number of carbonyl (C=O) groups excluding carboxylic acids is 2. The molecule has 4 heterocycles. The minimum absolute atomic E-state index is 0.0102. The highest BCUT2D eigenvalue weighted by Crippen LogP contribution is 2.48. The lowest BCUT2D eigenvalue weighted by Gasteiger charge is -2.28. The first kappa shape index (κ1) is 29.4. The molecule has 6 rings (SSSR count). The van der Waals surface area contributed by atoms with Gasteiger partial charge in [0, 0.05) is 55.5 Å². The van der Waals surface area contributed by atoms with Gasteiger partial charge in [-0.05, 0) is 42.3 Å². The van der Waals surface area contributed by atoms with Crippen LogP contribution in [0.5, 0.6) is 0 Å². The summed E-state index contributed by atoms with van der Waals surface area (Å²) in [4.78, 5) is 31.8. The van der Waals surface area contributed by atoms with Crippen molar-refractivity contribution < 1.29 is 31.5 Å². The van der Waals surface area contributed by atoms with Gasteiger partial charge < -0.3 is 19.2 Å². The summed E-state index contributed by atoms with van der Waals surface area (Å²) in [6.07, 6.45) is 0.936. The van der Waals surface area contributed by atoms with Crippen LogP contribution in [0.2, 0.25) is 0 Å². The highest BCUT2D eigenvalue weighted by molar-refractivity contribution is 6.19. The fraction of sp³-hybridized carbons (Fsp3) is 0.194. The standard InChI is InChI=1S/C31H23ClF5N5O2/c1-40-10-7-16-13-23(30(44)17-11-20(33)26(21(34)12-17)39-24(43)6-3-8-32)42-9-4-5-18(28(16)42)25-19(31(35,36)37)14-22-27(29(25)40)38-15-41(22)2/h3-6,9,11-15H,7-8,10H2,1-2H3,(H,39,43)/b6-3+. The number of amides is 1. The Balaban J connectivity index is 1.53. The first-order valence-corrected chi connectivity index (χ1v) is 13.9. The summed E-state index contributed by atoms with van der Waals surface area (Å²) in [7, 11) is 3.32. The van der Waals surface area contributed by atoms with E-state index in [0.29, 0.717) is 40.8 Å². The molecule has 0 atom stereocenters. The molecule has 1 amide bonds. The van der Waals surface area contributed by atoms with E-state index in [4.69, 9.17) is 11.6 Å². The molecule has 1 aliphatic heterocycles. The van der Waals surface area contributed by atoms with Crippen LogP contribution < -0.4 is 10.2 Å². The maximum Gasteiger partial charge on any atom is 0.417 e. The molecular weight excluding hydrogens is 605 g/mol. The number of anilines is 2. The Morgan fingerprint density at radius 2 is 1.84 bits per heavy atom. The predicted molar refractivity (Wildman–Crippen MR) is 157 cm³/mol. The molecular formula is C31H23ClF5N5O2. The van der Waals surface area contributed by atoms with Crippen molar-refractivity contribution >= 4 is 51.2 Å². The lowest BCUT2D eigenvalue weighted by atomic mass is 9.92. The molecule has 0 aliphatic carbocycles. The van der Waals surface area contributed by atoms with E-state index in [0.717, 1.165) is 24.3 Å². The number of hydrogen-bond donors (Lipinski definition) is 1. The van der Waals surface area contributed by atoms with Crippen LogP contribution in [0.1, 0.15) is 27.2 Å². The topological polar surface area (TPSA) is 71.6 Å². The largest absolute Gasteiger partial charge is 0.417 e. The Morgan fingerprint density at radius 1 is 1.11 bits per heavy atom. The minimum atomic E-state index is -4.72. The summed E-state index contributed by atoms with van der Waals surface area (Å²) in [5.41, 5.74) is 0.245.